The van der Waals surface area contributed by atoms with Gasteiger partial charge in [-0.05, 0) is 79.2 Å². The van der Waals surface area contributed by atoms with E-state index >= 15 is 0 Å². The second-order valence-corrected chi connectivity index (χ2v) is 7.74. The van der Waals surface area contributed by atoms with Crippen LogP contribution in [0.3, 0.4) is 0 Å². The Kier molecular flexibility index (Phi) is 12.2. The summed E-state index contributed by atoms with van der Waals surface area (Å²) in [6.07, 6.45) is 11.1. The molecule has 0 heterocycles. The standard InChI is InChI=1S/C22H38O4/c1-17(10-8-12-19(3)15-16-26-20(4)23)9-7-11-18(2)13-14-21(24)22(5,6)25/h10-11,15,21,24-25H,7-9,12-14,16H2,1-6H3/b17-10+,18-11+,19-15+. The quantitative estimate of drug-likeness (QED) is 0.382. The Balaban J connectivity index is 4.07. The fourth-order valence-corrected chi connectivity index (χ4v) is 2.42. The number of rotatable bonds is 12. The van der Waals surface area contributed by atoms with Gasteiger partial charge in [-0.1, -0.05) is 28.9 Å². The van der Waals surface area contributed by atoms with Crippen molar-refractivity contribution < 1.29 is 19.7 Å². The zero-order chi connectivity index (χ0) is 20.2. The Morgan fingerprint density at radius 2 is 1.38 bits per heavy atom. The molecule has 4 heteroatoms. The van der Waals surface area contributed by atoms with Gasteiger partial charge >= 0.3 is 5.97 Å². The van der Waals surface area contributed by atoms with E-state index < -0.39 is 11.7 Å². The van der Waals surface area contributed by atoms with E-state index in [1.807, 2.05) is 6.08 Å². The number of aliphatic hydroxyl groups excluding tert-OH is 1. The number of hydrogen-bond acceptors (Lipinski definition) is 4. The van der Waals surface area contributed by atoms with E-state index in [2.05, 4.69) is 32.9 Å². The molecule has 1 unspecified atom stereocenters. The lowest BCUT2D eigenvalue weighted by molar-refractivity contribution is -0.139. The van der Waals surface area contributed by atoms with E-state index in [0.29, 0.717) is 13.0 Å². The molecule has 0 aliphatic carbocycles. The van der Waals surface area contributed by atoms with Gasteiger partial charge in [0, 0.05) is 6.92 Å². The minimum atomic E-state index is -1.04. The van der Waals surface area contributed by atoms with Gasteiger partial charge in [0.05, 0.1) is 11.7 Å². The van der Waals surface area contributed by atoms with Crippen LogP contribution in [-0.4, -0.2) is 34.5 Å². The lowest BCUT2D eigenvalue weighted by Gasteiger charge is -2.24. The summed E-state index contributed by atoms with van der Waals surface area (Å²) in [5.41, 5.74) is 2.82. The van der Waals surface area contributed by atoms with E-state index in [0.717, 1.165) is 32.1 Å². The SMILES string of the molecule is CC(=O)OC/C=C(\C)CC/C=C(\C)CC/C=C(\C)CCC(O)C(C)(C)O. The van der Waals surface area contributed by atoms with E-state index in [1.165, 1.54) is 23.6 Å². The van der Waals surface area contributed by atoms with Gasteiger partial charge in [-0.25, -0.2) is 0 Å². The van der Waals surface area contributed by atoms with Crippen LogP contribution in [0.25, 0.3) is 0 Å². The largest absolute Gasteiger partial charge is 0.462 e. The Morgan fingerprint density at radius 3 is 1.85 bits per heavy atom. The number of allylic oxidation sites excluding steroid dienone is 5. The summed E-state index contributed by atoms with van der Waals surface area (Å²) in [6.45, 7) is 11.3. The van der Waals surface area contributed by atoms with Gasteiger partial charge in [0.1, 0.15) is 6.61 Å². The smallest absolute Gasteiger partial charge is 0.302 e. The molecule has 0 saturated carbocycles. The maximum atomic E-state index is 10.7. The highest BCUT2D eigenvalue weighted by Gasteiger charge is 2.23. The zero-order valence-electron chi connectivity index (χ0n) is 17.5. The molecule has 0 aliphatic rings. The minimum absolute atomic E-state index is 0.247. The molecule has 0 spiro atoms. The van der Waals surface area contributed by atoms with Crippen molar-refractivity contribution in [3.63, 3.8) is 0 Å². The van der Waals surface area contributed by atoms with Crippen LogP contribution >= 0.6 is 0 Å². The molecule has 0 saturated heterocycles. The van der Waals surface area contributed by atoms with Crippen molar-refractivity contribution in [2.24, 2.45) is 0 Å². The highest BCUT2D eigenvalue weighted by molar-refractivity contribution is 5.66. The van der Waals surface area contributed by atoms with Crippen molar-refractivity contribution in [3.05, 3.63) is 34.9 Å². The Labute approximate surface area is 159 Å². The second kappa shape index (κ2) is 12.9. The summed E-state index contributed by atoms with van der Waals surface area (Å²) in [5.74, 6) is -0.247. The van der Waals surface area contributed by atoms with Crippen LogP contribution in [0.4, 0.5) is 0 Å². The van der Waals surface area contributed by atoms with Gasteiger partial charge in [-0.15, -0.1) is 0 Å². The first-order chi connectivity index (χ1) is 12.0. The third-order valence-corrected chi connectivity index (χ3v) is 4.41. The lowest BCUT2D eigenvalue weighted by Crippen LogP contribution is -2.35. The lowest BCUT2D eigenvalue weighted by atomic mass is 9.95. The van der Waals surface area contributed by atoms with E-state index in [1.54, 1.807) is 13.8 Å². The third kappa shape index (κ3) is 13.9. The number of carbonyl (C=O) groups excluding carboxylic acids is 1. The number of hydrogen-bond donors (Lipinski definition) is 2. The van der Waals surface area contributed by atoms with Crippen molar-refractivity contribution >= 4 is 5.97 Å². The first-order valence-corrected chi connectivity index (χ1v) is 9.53. The molecule has 26 heavy (non-hydrogen) atoms. The number of carbonyl (C=O) groups is 1. The van der Waals surface area contributed by atoms with Crippen molar-refractivity contribution in [1.29, 1.82) is 0 Å². The highest BCUT2D eigenvalue weighted by Crippen LogP contribution is 2.17. The Morgan fingerprint density at radius 1 is 0.923 bits per heavy atom. The number of esters is 1. The molecule has 0 aromatic rings. The molecule has 0 amide bonds. The molecule has 0 radical (unpaired) electrons. The monoisotopic (exact) mass is 366 g/mol. The molecule has 0 aliphatic heterocycles. The molecule has 1 atom stereocenters. The first-order valence-electron chi connectivity index (χ1n) is 9.53. The zero-order valence-corrected chi connectivity index (χ0v) is 17.5. The molecule has 0 aromatic carbocycles. The van der Waals surface area contributed by atoms with Crippen LogP contribution in [0.1, 0.15) is 80.1 Å². The van der Waals surface area contributed by atoms with Crippen molar-refractivity contribution in [2.45, 2.75) is 91.8 Å². The second-order valence-electron chi connectivity index (χ2n) is 7.74. The molecule has 2 N–H and O–H groups in total. The van der Waals surface area contributed by atoms with Gasteiger partial charge < -0.3 is 14.9 Å². The van der Waals surface area contributed by atoms with Crippen molar-refractivity contribution in [3.8, 4) is 0 Å². The third-order valence-electron chi connectivity index (χ3n) is 4.41. The topological polar surface area (TPSA) is 66.8 Å². The summed E-state index contributed by atoms with van der Waals surface area (Å²) < 4.78 is 4.90. The van der Waals surface area contributed by atoms with Crippen molar-refractivity contribution in [2.75, 3.05) is 6.61 Å². The summed E-state index contributed by atoms with van der Waals surface area (Å²) in [7, 11) is 0. The molecule has 0 fully saturated rings. The number of ether oxygens (including phenoxy) is 1. The summed E-state index contributed by atoms with van der Waals surface area (Å²) in [6, 6.07) is 0. The fourth-order valence-electron chi connectivity index (χ4n) is 2.42. The summed E-state index contributed by atoms with van der Waals surface area (Å²) in [4.78, 5) is 10.7. The molecular weight excluding hydrogens is 328 g/mol. The van der Waals surface area contributed by atoms with Crippen LogP contribution in [0.5, 0.6) is 0 Å². The average Bonchev–Trinajstić information content (AvgIpc) is 2.51. The Hall–Kier alpha value is -1.39. The van der Waals surface area contributed by atoms with Crippen LogP contribution in [0, 0.1) is 0 Å². The first kappa shape index (κ1) is 24.6. The van der Waals surface area contributed by atoms with Gasteiger partial charge in [-0.2, -0.15) is 0 Å². The van der Waals surface area contributed by atoms with Gasteiger partial charge in [-0.3, -0.25) is 4.79 Å². The predicted molar refractivity (Wildman–Crippen MR) is 108 cm³/mol. The summed E-state index contributed by atoms with van der Waals surface area (Å²) >= 11 is 0. The summed E-state index contributed by atoms with van der Waals surface area (Å²) in [5, 5.41) is 19.6. The van der Waals surface area contributed by atoms with Gasteiger partial charge in [0.25, 0.3) is 0 Å². The maximum absolute atomic E-state index is 10.7. The van der Waals surface area contributed by atoms with Crippen LogP contribution in [0.15, 0.2) is 34.9 Å². The van der Waals surface area contributed by atoms with Crippen LogP contribution < -0.4 is 0 Å². The van der Waals surface area contributed by atoms with Crippen LogP contribution in [-0.2, 0) is 9.53 Å². The average molecular weight is 367 g/mol. The maximum Gasteiger partial charge on any atom is 0.302 e. The molecule has 150 valence electrons. The molecular formula is C22H38O4. The predicted octanol–water partition coefficient (Wildman–Crippen LogP) is 4.86. The molecule has 0 bridgehead atoms. The number of aliphatic hydroxyl groups is 2. The fraction of sp³-hybridized carbons (Fsp3) is 0.682. The normalized spacial score (nSPS) is 15.2. The van der Waals surface area contributed by atoms with Gasteiger partial charge in [0.2, 0.25) is 0 Å². The molecule has 0 rings (SSSR count). The highest BCUT2D eigenvalue weighted by atomic mass is 16.5. The molecule has 0 aromatic heterocycles. The van der Waals surface area contributed by atoms with E-state index in [-0.39, 0.29) is 5.97 Å². The van der Waals surface area contributed by atoms with E-state index in [9.17, 15) is 15.0 Å². The van der Waals surface area contributed by atoms with E-state index in [4.69, 9.17) is 4.74 Å². The Bertz CT molecular complexity index is 507. The van der Waals surface area contributed by atoms with Crippen LogP contribution in [0.2, 0.25) is 0 Å². The molecule has 4 nitrogen and oxygen atoms in total. The van der Waals surface area contributed by atoms with Gasteiger partial charge in [0.15, 0.2) is 0 Å². The minimum Gasteiger partial charge on any atom is -0.462 e. The van der Waals surface area contributed by atoms with Crippen molar-refractivity contribution in [1.82, 2.24) is 0 Å².